The van der Waals surface area contributed by atoms with Crippen molar-refractivity contribution in [3.05, 3.63) is 66.0 Å². The summed E-state index contributed by atoms with van der Waals surface area (Å²) in [7, 11) is 0. The Morgan fingerprint density at radius 1 is 1.14 bits per heavy atom. The monoisotopic (exact) mass is 303 g/mol. The maximum absolute atomic E-state index is 12.9. The van der Waals surface area contributed by atoms with Crippen LogP contribution in [0.4, 0.5) is 4.39 Å². The van der Waals surface area contributed by atoms with E-state index in [-0.39, 0.29) is 17.8 Å². The fourth-order valence-electron chi connectivity index (χ4n) is 1.93. The summed E-state index contributed by atoms with van der Waals surface area (Å²) in [4.78, 5) is 13.0. The van der Waals surface area contributed by atoms with E-state index in [1.165, 1.54) is 12.1 Å². The molecule has 2 aromatic rings. The van der Waals surface area contributed by atoms with Crippen LogP contribution < -0.4 is 5.32 Å². The number of amides is 1. The van der Waals surface area contributed by atoms with Crippen LogP contribution >= 0.6 is 11.8 Å². The number of benzene rings is 2. The molecule has 0 aromatic heterocycles. The maximum atomic E-state index is 12.9. The van der Waals surface area contributed by atoms with Gasteiger partial charge in [0.15, 0.2) is 0 Å². The van der Waals surface area contributed by atoms with E-state index in [0.717, 1.165) is 16.2 Å². The van der Waals surface area contributed by atoms with Crippen LogP contribution in [0, 0.1) is 5.82 Å². The minimum atomic E-state index is -0.267. The Morgan fingerprint density at radius 2 is 1.81 bits per heavy atom. The van der Waals surface area contributed by atoms with Crippen LogP contribution in [0.15, 0.2) is 59.5 Å². The molecule has 21 heavy (non-hydrogen) atoms. The van der Waals surface area contributed by atoms with Crippen molar-refractivity contribution in [2.24, 2.45) is 0 Å². The second-order valence-electron chi connectivity index (χ2n) is 4.75. The van der Waals surface area contributed by atoms with Crippen LogP contribution in [0.2, 0.25) is 0 Å². The summed E-state index contributed by atoms with van der Waals surface area (Å²) in [5, 5.41) is 2.93. The fraction of sp³-hybridized carbons (Fsp3) is 0.235. The fourth-order valence-corrected chi connectivity index (χ4v) is 2.80. The predicted molar refractivity (Wildman–Crippen MR) is 84.7 cm³/mol. The van der Waals surface area contributed by atoms with Crippen molar-refractivity contribution in [1.82, 2.24) is 5.32 Å². The highest BCUT2D eigenvalue weighted by molar-refractivity contribution is 7.99. The van der Waals surface area contributed by atoms with Crippen molar-refractivity contribution in [3.63, 3.8) is 0 Å². The lowest BCUT2D eigenvalue weighted by Crippen LogP contribution is -2.26. The molecule has 0 aliphatic rings. The highest BCUT2D eigenvalue weighted by Crippen LogP contribution is 2.18. The molecule has 0 saturated heterocycles. The standard InChI is InChI=1S/C17H18FNOS/c1-13(14-7-9-15(18)10-8-14)19-17(20)11-12-21-16-5-3-2-4-6-16/h2-10,13H,11-12H2,1H3,(H,19,20). The number of hydrogen-bond donors (Lipinski definition) is 1. The van der Waals surface area contributed by atoms with Crippen LogP contribution in [0.5, 0.6) is 0 Å². The van der Waals surface area contributed by atoms with E-state index >= 15 is 0 Å². The Balaban J connectivity index is 1.75. The van der Waals surface area contributed by atoms with E-state index in [0.29, 0.717) is 6.42 Å². The number of carbonyl (C=O) groups is 1. The average molecular weight is 303 g/mol. The molecule has 0 fully saturated rings. The summed E-state index contributed by atoms with van der Waals surface area (Å²) in [6.07, 6.45) is 0.463. The average Bonchev–Trinajstić information content (AvgIpc) is 2.49. The summed E-state index contributed by atoms with van der Waals surface area (Å²) < 4.78 is 12.9. The Bertz CT molecular complexity index is 571. The number of nitrogens with one attached hydrogen (secondary N) is 1. The zero-order chi connectivity index (χ0) is 15.1. The summed E-state index contributed by atoms with van der Waals surface area (Å²) in [6.45, 7) is 1.90. The molecule has 1 amide bonds. The van der Waals surface area contributed by atoms with Gasteiger partial charge in [-0.25, -0.2) is 4.39 Å². The van der Waals surface area contributed by atoms with Gasteiger partial charge < -0.3 is 5.32 Å². The van der Waals surface area contributed by atoms with Crippen molar-refractivity contribution in [2.75, 3.05) is 5.75 Å². The largest absolute Gasteiger partial charge is 0.350 e. The van der Waals surface area contributed by atoms with Gasteiger partial charge in [-0.3, -0.25) is 4.79 Å². The SMILES string of the molecule is CC(NC(=O)CCSc1ccccc1)c1ccc(F)cc1. The first-order chi connectivity index (χ1) is 10.1. The quantitative estimate of drug-likeness (QED) is 0.811. The molecule has 0 saturated carbocycles. The highest BCUT2D eigenvalue weighted by atomic mass is 32.2. The van der Waals surface area contributed by atoms with E-state index < -0.39 is 0 Å². The van der Waals surface area contributed by atoms with E-state index in [1.54, 1.807) is 23.9 Å². The van der Waals surface area contributed by atoms with E-state index in [1.807, 2.05) is 37.3 Å². The molecular formula is C17H18FNOS. The lowest BCUT2D eigenvalue weighted by atomic mass is 10.1. The van der Waals surface area contributed by atoms with Gasteiger partial charge in [0.1, 0.15) is 5.82 Å². The smallest absolute Gasteiger partial charge is 0.221 e. The number of carbonyl (C=O) groups excluding carboxylic acids is 1. The molecule has 1 N–H and O–H groups in total. The molecule has 2 rings (SSSR count). The van der Waals surface area contributed by atoms with Gasteiger partial charge in [-0.1, -0.05) is 30.3 Å². The normalized spacial score (nSPS) is 11.9. The van der Waals surface area contributed by atoms with E-state index in [4.69, 9.17) is 0 Å². The highest BCUT2D eigenvalue weighted by Gasteiger charge is 2.09. The minimum absolute atomic E-state index is 0.00950. The molecule has 0 bridgehead atoms. The number of halogens is 1. The first-order valence-corrected chi connectivity index (χ1v) is 7.86. The second-order valence-corrected chi connectivity index (χ2v) is 5.92. The van der Waals surface area contributed by atoms with E-state index in [9.17, 15) is 9.18 Å². The summed E-state index contributed by atoms with van der Waals surface area (Å²) in [5.74, 6) is 0.484. The molecule has 0 heterocycles. The molecule has 110 valence electrons. The summed E-state index contributed by atoms with van der Waals surface area (Å²) in [5.41, 5.74) is 0.903. The molecule has 0 radical (unpaired) electrons. The summed E-state index contributed by atoms with van der Waals surface area (Å²) >= 11 is 1.66. The first-order valence-electron chi connectivity index (χ1n) is 6.88. The van der Waals surface area contributed by atoms with Gasteiger partial charge in [0.05, 0.1) is 6.04 Å². The van der Waals surface area contributed by atoms with Crippen LogP contribution in [0.25, 0.3) is 0 Å². The van der Waals surface area contributed by atoms with Gasteiger partial charge in [0.2, 0.25) is 5.91 Å². The van der Waals surface area contributed by atoms with Gasteiger partial charge in [-0.05, 0) is 36.8 Å². The molecule has 2 aromatic carbocycles. The molecule has 1 unspecified atom stereocenters. The molecule has 0 aliphatic carbocycles. The predicted octanol–water partition coefficient (Wildman–Crippen LogP) is 4.19. The molecular weight excluding hydrogens is 285 g/mol. The van der Waals surface area contributed by atoms with Crippen molar-refractivity contribution < 1.29 is 9.18 Å². The van der Waals surface area contributed by atoms with Crippen molar-refractivity contribution in [3.8, 4) is 0 Å². The van der Waals surface area contributed by atoms with Gasteiger partial charge in [-0.2, -0.15) is 0 Å². The van der Waals surface area contributed by atoms with Crippen molar-refractivity contribution in [2.45, 2.75) is 24.3 Å². The lowest BCUT2D eigenvalue weighted by Gasteiger charge is -2.14. The van der Waals surface area contributed by atoms with Crippen LogP contribution in [-0.2, 0) is 4.79 Å². The second kappa shape index (κ2) is 7.84. The van der Waals surface area contributed by atoms with E-state index in [2.05, 4.69) is 5.32 Å². The molecule has 4 heteroatoms. The first kappa shape index (κ1) is 15.6. The molecule has 2 nitrogen and oxygen atoms in total. The van der Waals surface area contributed by atoms with Crippen LogP contribution in [0.1, 0.15) is 24.9 Å². The molecule has 0 spiro atoms. The zero-order valence-corrected chi connectivity index (χ0v) is 12.7. The maximum Gasteiger partial charge on any atom is 0.221 e. The topological polar surface area (TPSA) is 29.1 Å². The Kier molecular flexibility index (Phi) is 5.81. The number of hydrogen-bond acceptors (Lipinski definition) is 2. The van der Waals surface area contributed by atoms with Gasteiger partial charge in [0.25, 0.3) is 0 Å². The Labute approximate surface area is 128 Å². The van der Waals surface area contributed by atoms with Gasteiger partial charge in [-0.15, -0.1) is 11.8 Å². The third-order valence-corrected chi connectivity index (χ3v) is 4.10. The Hall–Kier alpha value is -1.81. The number of thioether (sulfide) groups is 1. The zero-order valence-electron chi connectivity index (χ0n) is 11.9. The van der Waals surface area contributed by atoms with Gasteiger partial charge in [0, 0.05) is 17.1 Å². The Morgan fingerprint density at radius 3 is 2.48 bits per heavy atom. The van der Waals surface area contributed by atoms with Gasteiger partial charge >= 0.3 is 0 Å². The van der Waals surface area contributed by atoms with Crippen LogP contribution in [0.3, 0.4) is 0 Å². The third kappa shape index (κ3) is 5.23. The molecule has 1 atom stereocenters. The van der Waals surface area contributed by atoms with Crippen molar-refractivity contribution in [1.29, 1.82) is 0 Å². The third-order valence-electron chi connectivity index (χ3n) is 3.09. The minimum Gasteiger partial charge on any atom is -0.350 e. The summed E-state index contributed by atoms with van der Waals surface area (Å²) in [6, 6.07) is 16.1. The molecule has 0 aliphatic heterocycles. The van der Waals surface area contributed by atoms with Crippen LogP contribution in [-0.4, -0.2) is 11.7 Å². The number of rotatable bonds is 6. The van der Waals surface area contributed by atoms with Crippen molar-refractivity contribution >= 4 is 17.7 Å². The lowest BCUT2D eigenvalue weighted by molar-refractivity contribution is -0.121.